The van der Waals surface area contributed by atoms with Gasteiger partial charge < -0.3 is 55.6 Å². The van der Waals surface area contributed by atoms with Gasteiger partial charge in [0.1, 0.15) is 0 Å². The molecule has 0 spiro atoms. The third kappa shape index (κ3) is 28.8. The summed E-state index contributed by atoms with van der Waals surface area (Å²) in [6, 6.07) is 41.5. The largest absolute Gasteiger partial charge is 0.480 e. The summed E-state index contributed by atoms with van der Waals surface area (Å²) in [5.41, 5.74) is 18.2. The van der Waals surface area contributed by atoms with Crippen molar-refractivity contribution in [3.05, 3.63) is 164 Å². The Morgan fingerprint density at radius 1 is 0.430 bits per heavy atom. The Labute approximate surface area is 693 Å². The molecule has 6 heterocycles. The van der Waals surface area contributed by atoms with Crippen LogP contribution in [-0.4, -0.2) is 190 Å². The Bertz CT molecular complexity index is 4330. The van der Waals surface area contributed by atoms with Crippen molar-refractivity contribution in [1.29, 1.82) is 0 Å². The number of ketones is 2. The van der Waals surface area contributed by atoms with E-state index in [0.29, 0.717) is 23.2 Å². The fraction of sp³-hybridized carbons (Fsp3) is 0.545. The van der Waals surface area contributed by atoms with Crippen LogP contribution in [0.1, 0.15) is 177 Å². The van der Waals surface area contributed by atoms with E-state index in [1.165, 1.54) is 152 Å². The van der Waals surface area contributed by atoms with Crippen LogP contribution in [0.15, 0.2) is 136 Å². The molecule has 3 aliphatic carbocycles. The molecule has 9 fully saturated rings. The number of halogens is 2. The van der Waals surface area contributed by atoms with Crippen LogP contribution < -0.4 is 45.0 Å². The first-order valence-corrected chi connectivity index (χ1v) is 46.4. The molecule has 6 aromatic carbocycles. The molecule has 0 amide bonds. The van der Waals surface area contributed by atoms with Crippen LogP contribution >= 0.6 is 31.9 Å². The number of aromatic carboxylic acids is 1. The molecule has 0 radical (unpaired) electrons. The number of aliphatic hydroxyl groups is 2. The summed E-state index contributed by atoms with van der Waals surface area (Å²) in [6.07, 6.45) is 28.0. The molecule has 22 nitrogen and oxygen atoms in total. The number of aliphatic hydroxyl groups excluding tert-OH is 2. The molecule has 622 valence electrons. The molecular weight excluding hydrogens is 1610 g/mol. The summed E-state index contributed by atoms with van der Waals surface area (Å²) in [7, 11) is -3.62. The molecule has 0 aromatic heterocycles. The number of nitrogen functional groups attached to an aromatic ring is 1. The van der Waals surface area contributed by atoms with E-state index in [0.717, 1.165) is 162 Å². The average molecular weight is 1740 g/mol. The lowest BCUT2D eigenvalue weighted by Crippen LogP contribution is -2.35. The standard InChI is InChI=1S/C29H39N3O4S.C27H33BrN2O.C14H19BrN2.C12H15NO2.C4H9NO2.C2H7NO3S/c33-17-18-37(35,36)30-26-10-9-24(28(21-26)32-15-11-23(12-16-32)22-7-8-22)20-29(34)25-5-4-6-27(19-25)31-13-2-1-3-14-31;28-24-10-9-22(26(19-24)30-15-11-21(12-16-30)20-7-8-20)18-27(31)23-5-4-6-25(17-23)29-13-2-1-3-14-29;15-12-3-4-13(16)14(9-12)17-7-5-11(6-8-17)10-1-2-10;14-12(15)10-5-4-6-11(9-10)13-7-2-1-3-8-13;1-5(2)3-4(6)7;3-7(5,6)2-1-4/h4-6,9-10,19,21-23,30,33H,1-3,7-8,11-18,20H2;4-6,9-10,17,19-21H,1-3,7-8,11-16,18H2;3-4,9-11H,1-2,5-8,16H2;4-6,9H,1-3,7-8H2,(H,14,15);3H2,1-2H3,(H,6,7);4H,1-2H2,(H2,3,5,6). The minimum absolute atomic E-state index is 0.0709. The van der Waals surface area contributed by atoms with E-state index in [-0.39, 0.29) is 36.0 Å². The van der Waals surface area contributed by atoms with Gasteiger partial charge in [0.15, 0.2) is 11.6 Å². The van der Waals surface area contributed by atoms with Crippen molar-refractivity contribution in [2.45, 2.75) is 148 Å². The summed E-state index contributed by atoms with van der Waals surface area (Å²) in [6.45, 7) is 12.0. The number of carboxylic acid groups (broad SMARTS) is 2. The Balaban J connectivity index is 0.000000159. The number of Topliss-reactive ketones (excluding diaryl/α,β-unsaturated/α-hetero) is 2. The number of aliphatic carboxylic acids is 1. The zero-order valence-corrected chi connectivity index (χ0v) is 71.6. The monoisotopic (exact) mass is 1730 g/mol. The fourth-order valence-corrected chi connectivity index (χ4v) is 18.5. The second kappa shape index (κ2) is 43.8. The van der Waals surface area contributed by atoms with Gasteiger partial charge in [-0.25, -0.2) is 26.8 Å². The van der Waals surface area contributed by atoms with Crippen molar-refractivity contribution in [1.82, 2.24) is 4.90 Å². The highest BCUT2D eigenvalue weighted by atomic mass is 79.9. The van der Waals surface area contributed by atoms with Crippen LogP contribution in [0.2, 0.25) is 0 Å². The summed E-state index contributed by atoms with van der Waals surface area (Å²) in [5.74, 6) is 3.57. The highest BCUT2D eigenvalue weighted by molar-refractivity contribution is 9.10. The highest BCUT2D eigenvalue weighted by Crippen LogP contribution is 2.46. The number of nitrogens with one attached hydrogen (secondary N) is 1. The van der Waals surface area contributed by atoms with E-state index in [4.69, 9.17) is 26.2 Å². The van der Waals surface area contributed by atoms with Gasteiger partial charge in [-0.3, -0.25) is 24.0 Å². The van der Waals surface area contributed by atoms with E-state index in [2.05, 4.69) is 114 Å². The maximum atomic E-state index is 13.5. The van der Waals surface area contributed by atoms with Gasteiger partial charge in [-0.15, -0.1) is 0 Å². The predicted molar refractivity (Wildman–Crippen MR) is 468 cm³/mol. The zero-order valence-electron chi connectivity index (χ0n) is 66.8. The zero-order chi connectivity index (χ0) is 81.3. The number of nitrogens with zero attached hydrogens (tertiary/aromatic N) is 7. The summed E-state index contributed by atoms with van der Waals surface area (Å²) in [4.78, 5) is 63.2. The SMILES string of the molecule is CN(C)CC(=O)O.NS(=O)(=O)CCO.Nc1ccc(Br)cc1N1CCC(C2CC2)CC1.O=C(Cc1ccc(Br)cc1N1CCC(C2CC2)CC1)c1cccc(N2CCCCC2)c1.O=C(Cc1ccc(NS(=O)(=O)CCO)cc1N1CCC(C2CC2)CC1)c1cccc(N2CCCCC2)c1.O=C(O)c1cccc(N2CCCCC2)c1. The second-order valence-electron chi connectivity index (χ2n) is 32.5. The molecule has 0 atom stereocenters. The first-order valence-electron chi connectivity index (χ1n) is 41.4. The number of rotatable bonds is 24. The molecule has 26 heteroatoms. The maximum Gasteiger partial charge on any atom is 0.335 e. The van der Waals surface area contributed by atoms with Gasteiger partial charge in [0, 0.05) is 140 Å². The summed E-state index contributed by atoms with van der Waals surface area (Å²) < 4.78 is 49.1. The minimum Gasteiger partial charge on any atom is -0.480 e. The lowest BCUT2D eigenvalue weighted by Gasteiger charge is -2.35. The van der Waals surface area contributed by atoms with Crippen molar-refractivity contribution in [3.8, 4) is 0 Å². The Morgan fingerprint density at radius 3 is 1.13 bits per heavy atom. The molecule has 15 rings (SSSR count). The number of carboxylic acids is 2. The molecule has 6 aliphatic heterocycles. The van der Waals surface area contributed by atoms with Crippen LogP contribution in [0.25, 0.3) is 0 Å². The van der Waals surface area contributed by atoms with Crippen LogP contribution in [0.4, 0.5) is 45.5 Å². The number of carbonyl (C=O) groups excluding carboxylic acids is 2. The lowest BCUT2D eigenvalue weighted by molar-refractivity contribution is -0.137. The van der Waals surface area contributed by atoms with Gasteiger partial charge >= 0.3 is 11.9 Å². The quantitative estimate of drug-likeness (QED) is 0.0219. The van der Waals surface area contributed by atoms with Crippen molar-refractivity contribution in [3.63, 3.8) is 0 Å². The smallest absolute Gasteiger partial charge is 0.335 e. The molecule has 6 aromatic rings. The van der Waals surface area contributed by atoms with Gasteiger partial charge in [0.25, 0.3) is 0 Å². The molecular formula is C88H122Br2N10O12S2. The number of likely N-dealkylation sites (N-methyl/N-ethyl adjacent to an activating group) is 1. The third-order valence-electron chi connectivity index (χ3n) is 23.4. The van der Waals surface area contributed by atoms with E-state index in [1.807, 2.05) is 66.7 Å². The van der Waals surface area contributed by atoms with Crippen LogP contribution in [0, 0.1) is 35.5 Å². The predicted octanol–water partition coefficient (Wildman–Crippen LogP) is 14.9. The lowest BCUT2D eigenvalue weighted by atomic mass is 9.91. The number of anilines is 8. The first kappa shape index (κ1) is 89.1. The van der Waals surface area contributed by atoms with Crippen molar-refractivity contribution in [2.75, 3.05) is 164 Å². The number of nitrogens with two attached hydrogens (primary N) is 2. The number of hydrogen-bond donors (Lipinski definition) is 7. The molecule has 6 saturated heterocycles. The second-order valence-corrected chi connectivity index (χ2v) is 37.9. The average Bonchev–Trinajstić information content (AvgIpc) is 0.928. The fourth-order valence-electron chi connectivity index (χ4n) is 16.7. The summed E-state index contributed by atoms with van der Waals surface area (Å²) >= 11 is 7.18. The Hall–Kier alpha value is -7.30. The maximum absolute atomic E-state index is 13.5. The molecule has 0 unspecified atom stereocenters. The minimum atomic E-state index is -3.63. The number of sulfonamides is 2. The van der Waals surface area contributed by atoms with E-state index < -0.39 is 45.2 Å². The molecule has 9 aliphatic rings. The van der Waals surface area contributed by atoms with Gasteiger partial charge in [0.05, 0.1) is 53.9 Å². The van der Waals surface area contributed by atoms with E-state index in [1.54, 1.807) is 37.2 Å². The first-order chi connectivity index (χ1) is 54.8. The number of carbonyl (C=O) groups is 4. The van der Waals surface area contributed by atoms with E-state index in [9.17, 15) is 36.0 Å². The number of primary sulfonamides is 1. The molecule has 3 saturated carbocycles. The highest BCUT2D eigenvalue weighted by Gasteiger charge is 2.37. The van der Waals surface area contributed by atoms with Crippen LogP contribution in [0.5, 0.6) is 0 Å². The Morgan fingerprint density at radius 2 is 0.781 bits per heavy atom. The van der Waals surface area contributed by atoms with E-state index >= 15 is 0 Å². The third-order valence-corrected chi connectivity index (χ3v) is 26.4. The summed E-state index contributed by atoms with van der Waals surface area (Å²) in [5, 5.41) is 38.4. The van der Waals surface area contributed by atoms with Gasteiger partial charge in [-0.1, -0.05) is 74.3 Å². The molecule has 114 heavy (non-hydrogen) atoms. The van der Waals surface area contributed by atoms with Crippen LogP contribution in [-0.2, 0) is 37.7 Å². The van der Waals surface area contributed by atoms with Crippen molar-refractivity contribution in [2.24, 2.45) is 40.6 Å². The van der Waals surface area contributed by atoms with Gasteiger partial charge in [0.2, 0.25) is 20.0 Å². The number of benzene rings is 6. The molecule has 0 bridgehead atoms. The van der Waals surface area contributed by atoms with Gasteiger partial charge in [-0.05, 0) is 280 Å². The molecule has 9 N–H and O–H groups in total. The Kier molecular flexibility index (Phi) is 34.2. The normalized spacial score (nSPS) is 18.4. The van der Waals surface area contributed by atoms with Crippen LogP contribution in [0.3, 0.4) is 0 Å². The van der Waals surface area contributed by atoms with Crippen molar-refractivity contribution >= 4 is 121 Å². The van der Waals surface area contributed by atoms with Crippen molar-refractivity contribution < 1.29 is 56.4 Å². The number of hydrogen-bond acceptors (Lipinski definition) is 18. The van der Waals surface area contributed by atoms with Gasteiger partial charge in [-0.2, -0.15) is 0 Å². The topological polar surface area (TPSA) is 304 Å². The number of piperidine rings is 6.